The fourth-order valence-electron chi connectivity index (χ4n) is 9.55. The Morgan fingerprint density at radius 3 is 2.25 bits per heavy atom. The van der Waals surface area contributed by atoms with Gasteiger partial charge < -0.3 is 19.9 Å². The predicted molar refractivity (Wildman–Crippen MR) is 218 cm³/mol. The van der Waals surface area contributed by atoms with E-state index in [1.165, 1.54) is 42.4 Å². The Morgan fingerprint density at radius 2 is 1.47 bits per heavy atom. The molecule has 288 valence electrons. The number of aromatic nitrogens is 1. The van der Waals surface area contributed by atoms with Gasteiger partial charge in [0.2, 0.25) is 11.8 Å². The Kier molecular flexibility index (Phi) is 10.4. The number of nitrogens with zero attached hydrogens (tertiary/aromatic N) is 3. The van der Waals surface area contributed by atoms with Crippen LogP contribution in [0, 0.1) is 5.92 Å². The van der Waals surface area contributed by atoms with E-state index in [-0.39, 0.29) is 35.4 Å². The molecule has 3 aromatic carbocycles. The molecule has 2 amide bonds. The van der Waals surface area contributed by atoms with Gasteiger partial charge in [-0.2, -0.15) is 0 Å². The molecule has 4 aromatic rings. The number of carbonyl (C=O) groups excluding carboxylic acids is 2. The minimum atomic E-state index is -0.322. The number of para-hydroxylation sites is 1. The molecule has 5 fully saturated rings. The minimum Gasteiger partial charge on any atom is -0.381 e. The number of likely N-dealkylation sites (tertiary alicyclic amines) is 2. The van der Waals surface area contributed by atoms with Crippen LogP contribution >= 0.6 is 0 Å². The lowest BCUT2D eigenvalue weighted by molar-refractivity contribution is -0.123. The second kappa shape index (κ2) is 15.7. The molecule has 4 heterocycles. The number of ether oxygens (including phenoxy) is 1. The number of pyridine rings is 1. The lowest BCUT2D eigenvalue weighted by Crippen LogP contribution is -2.51. The first-order valence-electron chi connectivity index (χ1n) is 20.9. The van der Waals surface area contributed by atoms with Gasteiger partial charge in [0, 0.05) is 50.2 Å². The standard InChI is InChI=1S/C46H55N5O4/c1-49-41-7-3-2-6-35(41)24-37(46(49)54)28-50-22-5-4-8-42(50)45(53)48-40-19-15-34(33-11-12-33)25-39(40)36-16-20-43(51(27-36)26-30-21-23-55-29-30)44(52)47-38-17-13-32(14-18-38)31-9-10-31/h2-3,6-7,13-15,17-19,24-25,30-31,33,36,42-43H,4-5,8-12,16,20-23,26-29H2,1H3,(H,47,52)(H,48,53)/t30?,36?,42-,43-/m1/s1. The largest absolute Gasteiger partial charge is 0.381 e. The van der Waals surface area contributed by atoms with Crippen LogP contribution in [0.1, 0.15) is 104 Å². The zero-order valence-corrected chi connectivity index (χ0v) is 32.2. The molecule has 5 aliphatic rings. The number of aryl methyl sites for hydroxylation is 1. The van der Waals surface area contributed by atoms with E-state index in [0.717, 1.165) is 99.2 Å². The third-order valence-electron chi connectivity index (χ3n) is 13.0. The highest BCUT2D eigenvalue weighted by Gasteiger charge is 2.38. The minimum absolute atomic E-state index is 0.00142. The van der Waals surface area contributed by atoms with Gasteiger partial charge in [-0.15, -0.1) is 0 Å². The molecule has 0 spiro atoms. The van der Waals surface area contributed by atoms with E-state index >= 15 is 0 Å². The van der Waals surface area contributed by atoms with E-state index in [4.69, 9.17) is 4.74 Å². The van der Waals surface area contributed by atoms with Gasteiger partial charge in [0.25, 0.3) is 5.56 Å². The monoisotopic (exact) mass is 741 g/mol. The lowest BCUT2D eigenvalue weighted by atomic mass is 9.84. The first-order valence-corrected chi connectivity index (χ1v) is 20.9. The van der Waals surface area contributed by atoms with Crippen LogP contribution in [0.5, 0.6) is 0 Å². The molecule has 4 atom stereocenters. The highest BCUT2D eigenvalue weighted by atomic mass is 16.5. The van der Waals surface area contributed by atoms with E-state index in [0.29, 0.717) is 24.3 Å². The summed E-state index contributed by atoms with van der Waals surface area (Å²) < 4.78 is 7.51. The van der Waals surface area contributed by atoms with Gasteiger partial charge in [-0.1, -0.05) is 48.9 Å². The van der Waals surface area contributed by atoms with Crippen molar-refractivity contribution >= 4 is 34.1 Å². The third-order valence-corrected chi connectivity index (χ3v) is 13.0. The Hall–Kier alpha value is -4.31. The quantitative estimate of drug-likeness (QED) is 0.165. The number of anilines is 2. The molecule has 2 N–H and O–H groups in total. The van der Waals surface area contributed by atoms with Crippen molar-refractivity contribution in [1.82, 2.24) is 14.4 Å². The van der Waals surface area contributed by atoms with Crippen LogP contribution in [-0.4, -0.2) is 71.1 Å². The van der Waals surface area contributed by atoms with Crippen molar-refractivity contribution in [2.24, 2.45) is 13.0 Å². The van der Waals surface area contributed by atoms with Crippen molar-refractivity contribution < 1.29 is 14.3 Å². The molecule has 9 heteroatoms. The summed E-state index contributed by atoms with van der Waals surface area (Å²) in [7, 11) is 1.83. The van der Waals surface area contributed by atoms with Crippen molar-refractivity contribution in [3.8, 4) is 0 Å². The summed E-state index contributed by atoms with van der Waals surface area (Å²) in [6, 6.07) is 24.6. The highest BCUT2D eigenvalue weighted by molar-refractivity contribution is 5.96. The van der Waals surface area contributed by atoms with E-state index in [1.54, 1.807) is 4.57 Å². The van der Waals surface area contributed by atoms with Gasteiger partial charge in [-0.05, 0) is 140 Å². The second-order valence-electron chi connectivity index (χ2n) is 17.0. The summed E-state index contributed by atoms with van der Waals surface area (Å²) in [6.45, 7) is 4.31. The Balaban J connectivity index is 0.943. The maximum absolute atomic E-state index is 14.4. The van der Waals surface area contributed by atoms with Crippen molar-refractivity contribution in [2.45, 2.75) is 101 Å². The second-order valence-corrected chi connectivity index (χ2v) is 17.0. The molecule has 9 rings (SSSR count). The average molecular weight is 742 g/mol. The molecule has 2 unspecified atom stereocenters. The van der Waals surface area contributed by atoms with E-state index < -0.39 is 0 Å². The number of benzene rings is 3. The van der Waals surface area contributed by atoms with Crippen molar-refractivity contribution in [1.29, 1.82) is 0 Å². The van der Waals surface area contributed by atoms with Gasteiger partial charge in [-0.3, -0.25) is 24.2 Å². The number of nitrogens with one attached hydrogen (secondary N) is 2. The SMILES string of the molecule is Cn1c(=O)c(CN2CCCC[C@@H]2C(=O)Nc2ccc(C3CC3)cc2C2CC[C@H](C(=O)Nc3ccc(C4CC4)cc3)N(CC3CCOC3)C2)cc2ccccc21. The number of fused-ring (bicyclic) bond motifs is 1. The lowest BCUT2D eigenvalue weighted by Gasteiger charge is -2.40. The summed E-state index contributed by atoms with van der Waals surface area (Å²) in [5.41, 5.74) is 7.27. The zero-order chi connectivity index (χ0) is 37.5. The van der Waals surface area contributed by atoms with Crippen molar-refractivity contribution in [2.75, 3.05) is 43.5 Å². The molecule has 0 radical (unpaired) electrons. The molecule has 3 saturated heterocycles. The van der Waals surface area contributed by atoms with Crippen LogP contribution in [0.25, 0.3) is 10.9 Å². The highest BCUT2D eigenvalue weighted by Crippen LogP contribution is 2.44. The first-order chi connectivity index (χ1) is 26.9. The molecule has 0 bridgehead atoms. The molecular formula is C46H55N5O4. The smallest absolute Gasteiger partial charge is 0.255 e. The predicted octanol–water partition coefficient (Wildman–Crippen LogP) is 7.51. The maximum Gasteiger partial charge on any atom is 0.255 e. The van der Waals surface area contributed by atoms with Gasteiger partial charge in [0.15, 0.2) is 0 Å². The normalized spacial score (nSPS) is 24.9. The number of carbonyl (C=O) groups is 2. The number of hydrogen-bond donors (Lipinski definition) is 2. The van der Waals surface area contributed by atoms with Crippen LogP contribution in [-0.2, 0) is 27.9 Å². The molecule has 2 aliphatic carbocycles. The molecule has 2 saturated carbocycles. The Labute approximate surface area is 324 Å². The average Bonchev–Trinajstić information content (AvgIpc) is 4.16. The van der Waals surface area contributed by atoms with Crippen LogP contribution in [0.4, 0.5) is 11.4 Å². The Bertz CT molecular complexity index is 2100. The molecule has 3 aliphatic heterocycles. The van der Waals surface area contributed by atoms with Gasteiger partial charge in [0.05, 0.1) is 24.2 Å². The number of piperidine rings is 2. The van der Waals surface area contributed by atoms with E-state index in [2.05, 4.69) is 62.9 Å². The van der Waals surface area contributed by atoms with E-state index in [9.17, 15) is 14.4 Å². The molecular weight excluding hydrogens is 687 g/mol. The summed E-state index contributed by atoms with van der Waals surface area (Å²) in [4.78, 5) is 46.4. The fraction of sp³-hybridized carbons (Fsp3) is 0.500. The van der Waals surface area contributed by atoms with Crippen LogP contribution in [0.3, 0.4) is 0 Å². The zero-order valence-electron chi connectivity index (χ0n) is 32.2. The first kappa shape index (κ1) is 36.3. The van der Waals surface area contributed by atoms with E-state index in [1.807, 2.05) is 37.4 Å². The maximum atomic E-state index is 14.4. The van der Waals surface area contributed by atoms with Crippen LogP contribution < -0.4 is 16.2 Å². The van der Waals surface area contributed by atoms with Gasteiger partial charge in [0.1, 0.15) is 0 Å². The number of amides is 2. The summed E-state index contributed by atoms with van der Waals surface area (Å²) >= 11 is 0. The molecule has 1 aromatic heterocycles. The van der Waals surface area contributed by atoms with Gasteiger partial charge >= 0.3 is 0 Å². The van der Waals surface area contributed by atoms with Gasteiger partial charge in [-0.25, -0.2) is 0 Å². The Morgan fingerprint density at radius 1 is 0.745 bits per heavy atom. The summed E-state index contributed by atoms with van der Waals surface area (Å²) in [5, 5.41) is 7.71. The topological polar surface area (TPSA) is 95.9 Å². The summed E-state index contributed by atoms with van der Waals surface area (Å²) in [5.74, 6) is 1.92. The number of rotatable bonds is 11. The fourth-order valence-corrected chi connectivity index (χ4v) is 9.55. The molecule has 9 nitrogen and oxygen atoms in total. The van der Waals surface area contributed by atoms with Crippen LogP contribution in [0.2, 0.25) is 0 Å². The third kappa shape index (κ3) is 8.02. The molecule has 55 heavy (non-hydrogen) atoms. The van der Waals surface area contributed by atoms with Crippen molar-refractivity contribution in [3.63, 3.8) is 0 Å². The summed E-state index contributed by atoms with van der Waals surface area (Å²) in [6.07, 6.45) is 10.3. The van der Waals surface area contributed by atoms with Crippen LogP contribution in [0.15, 0.2) is 77.6 Å². The number of hydrogen-bond acceptors (Lipinski definition) is 6. The van der Waals surface area contributed by atoms with Crippen molar-refractivity contribution in [3.05, 3.63) is 105 Å².